The summed E-state index contributed by atoms with van der Waals surface area (Å²) >= 11 is 1.47. The van der Waals surface area contributed by atoms with Crippen LogP contribution in [-0.4, -0.2) is 24.1 Å². The number of rotatable bonds is 8. The summed E-state index contributed by atoms with van der Waals surface area (Å²) in [6.07, 6.45) is 0. The minimum Gasteiger partial charge on any atom is -0.494 e. The van der Waals surface area contributed by atoms with E-state index in [0.29, 0.717) is 24.0 Å². The maximum absolute atomic E-state index is 13.4. The third-order valence-corrected chi connectivity index (χ3v) is 6.50. The molecule has 0 aliphatic carbocycles. The second-order valence-corrected chi connectivity index (χ2v) is 8.83. The van der Waals surface area contributed by atoms with Crippen LogP contribution in [0.4, 0.5) is 5.13 Å². The van der Waals surface area contributed by atoms with Gasteiger partial charge in [0.15, 0.2) is 11.7 Å². The van der Waals surface area contributed by atoms with Gasteiger partial charge in [0, 0.05) is 0 Å². The van der Waals surface area contributed by atoms with Gasteiger partial charge in [-0.2, -0.15) is 0 Å². The summed E-state index contributed by atoms with van der Waals surface area (Å²) in [6.45, 7) is 2.89. The van der Waals surface area contributed by atoms with Gasteiger partial charge in [0.05, 0.1) is 23.4 Å². The summed E-state index contributed by atoms with van der Waals surface area (Å²) in [5.74, 6) is 1.31. The van der Waals surface area contributed by atoms with Crippen LogP contribution in [0.25, 0.3) is 21.0 Å². The van der Waals surface area contributed by atoms with Crippen LogP contribution in [0.5, 0.6) is 11.5 Å². The standard InChI is InChI=1S/C28H24N2O3S/c1-2-32-24-14-15-25-26(17-24)34-28(29-25)30(18-20-8-4-3-5-9-20)27(31)19-33-23-13-12-21-10-6-7-11-22(21)16-23/h3-17H,2,18-19H2,1H3. The summed E-state index contributed by atoms with van der Waals surface area (Å²) in [6, 6.07) is 29.6. The predicted molar refractivity (Wildman–Crippen MR) is 138 cm³/mol. The monoisotopic (exact) mass is 468 g/mol. The highest BCUT2D eigenvalue weighted by Gasteiger charge is 2.21. The van der Waals surface area contributed by atoms with Crippen molar-refractivity contribution in [3.05, 3.63) is 96.6 Å². The van der Waals surface area contributed by atoms with Crippen LogP contribution in [0.1, 0.15) is 12.5 Å². The Balaban J connectivity index is 1.40. The van der Waals surface area contributed by atoms with Gasteiger partial charge in [-0.3, -0.25) is 9.69 Å². The second-order valence-electron chi connectivity index (χ2n) is 7.82. The van der Waals surface area contributed by atoms with Gasteiger partial charge in [0.2, 0.25) is 0 Å². The Kier molecular flexibility index (Phi) is 6.40. The van der Waals surface area contributed by atoms with Gasteiger partial charge < -0.3 is 9.47 Å². The zero-order chi connectivity index (χ0) is 23.3. The van der Waals surface area contributed by atoms with E-state index in [2.05, 4.69) is 6.07 Å². The minimum absolute atomic E-state index is 0.0781. The van der Waals surface area contributed by atoms with Crippen molar-refractivity contribution in [3.8, 4) is 11.5 Å². The molecule has 5 aromatic rings. The SMILES string of the molecule is CCOc1ccc2nc(N(Cc3ccccc3)C(=O)COc3ccc4ccccc4c3)sc2c1. The number of hydrogen-bond donors (Lipinski definition) is 0. The molecular formula is C28H24N2O3S. The number of aromatic nitrogens is 1. The van der Waals surface area contributed by atoms with E-state index in [1.165, 1.54) is 11.3 Å². The van der Waals surface area contributed by atoms with E-state index in [9.17, 15) is 4.79 Å². The van der Waals surface area contributed by atoms with E-state index < -0.39 is 0 Å². The van der Waals surface area contributed by atoms with Crippen molar-refractivity contribution >= 4 is 43.4 Å². The quantitative estimate of drug-likeness (QED) is 0.262. The molecule has 0 spiro atoms. The van der Waals surface area contributed by atoms with Crippen LogP contribution < -0.4 is 14.4 Å². The molecule has 0 radical (unpaired) electrons. The van der Waals surface area contributed by atoms with Gasteiger partial charge in [0.1, 0.15) is 11.5 Å². The first-order chi connectivity index (χ1) is 16.7. The molecule has 1 aromatic heterocycles. The highest BCUT2D eigenvalue weighted by molar-refractivity contribution is 7.22. The van der Waals surface area contributed by atoms with Crippen molar-refractivity contribution in [2.24, 2.45) is 0 Å². The number of nitrogens with zero attached hydrogens (tertiary/aromatic N) is 2. The van der Waals surface area contributed by atoms with E-state index in [-0.39, 0.29) is 12.5 Å². The largest absolute Gasteiger partial charge is 0.494 e. The topological polar surface area (TPSA) is 51.7 Å². The molecule has 0 fully saturated rings. The molecule has 5 nitrogen and oxygen atoms in total. The molecule has 6 heteroatoms. The number of anilines is 1. The van der Waals surface area contributed by atoms with E-state index >= 15 is 0 Å². The molecule has 0 saturated heterocycles. The van der Waals surface area contributed by atoms with Crippen LogP contribution in [-0.2, 0) is 11.3 Å². The summed E-state index contributed by atoms with van der Waals surface area (Å²) in [4.78, 5) is 19.8. The lowest BCUT2D eigenvalue weighted by Crippen LogP contribution is -2.34. The van der Waals surface area contributed by atoms with Gasteiger partial charge in [0.25, 0.3) is 5.91 Å². The number of thiazole rings is 1. The smallest absolute Gasteiger partial charge is 0.267 e. The van der Waals surface area contributed by atoms with Gasteiger partial charge in [-0.15, -0.1) is 0 Å². The third kappa shape index (κ3) is 4.87. The average molecular weight is 469 g/mol. The fourth-order valence-electron chi connectivity index (χ4n) is 3.77. The molecule has 4 aromatic carbocycles. The fourth-order valence-corrected chi connectivity index (χ4v) is 4.78. The molecular weight excluding hydrogens is 444 g/mol. The molecule has 5 rings (SSSR count). The van der Waals surface area contributed by atoms with Gasteiger partial charge in [-0.25, -0.2) is 4.98 Å². The summed E-state index contributed by atoms with van der Waals surface area (Å²) in [5.41, 5.74) is 1.86. The normalized spacial score (nSPS) is 11.0. The lowest BCUT2D eigenvalue weighted by molar-refractivity contribution is -0.120. The van der Waals surface area contributed by atoms with E-state index in [1.54, 1.807) is 4.90 Å². The summed E-state index contributed by atoms with van der Waals surface area (Å²) in [7, 11) is 0. The second kappa shape index (κ2) is 9.93. The number of hydrogen-bond acceptors (Lipinski definition) is 5. The number of carbonyl (C=O) groups excluding carboxylic acids is 1. The highest BCUT2D eigenvalue weighted by Crippen LogP contribution is 2.32. The van der Waals surface area contributed by atoms with Gasteiger partial charge in [-0.1, -0.05) is 72.0 Å². The highest BCUT2D eigenvalue weighted by atomic mass is 32.1. The number of amides is 1. The van der Waals surface area contributed by atoms with Crippen LogP contribution in [0, 0.1) is 0 Å². The van der Waals surface area contributed by atoms with E-state index in [0.717, 1.165) is 32.3 Å². The fraction of sp³-hybridized carbons (Fsp3) is 0.143. The van der Waals surface area contributed by atoms with Crippen molar-refractivity contribution in [3.63, 3.8) is 0 Å². The van der Waals surface area contributed by atoms with E-state index in [4.69, 9.17) is 14.5 Å². The molecule has 0 aliphatic rings. The van der Waals surface area contributed by atoms with Crippen LogP contribution in [0.2, 0.25) is 0 Å². The Morgan fingerprint density at radius 2 is 1.59 bits per heavy atom. The van der Waals surface area contributed by atoms with Crippen LogP contribution >= 0.6 is 11.3 Å². The molecule has 0 atom stereocenters. The van der Waals surface area contributed by atoms with Gasteiger partial charge in [-0.05, 0) is 53.6 Å². The Labute approximate surface area is 202 Å². The molecule has 34 heavy (non-hydrogen) atoms. The zero-order valence-corrected chi connectivity index (χ0v) is 19.6. The van der Waals surface area contributed by atoms with Crippen molar-refractivity contribution < 1.29 is 14.3 Å². The Morgan fingerprint density at radius 1 is 0.853 bits per heavy atom. The van der Waals surface area contributed by atoms with Gasteiger partial charge >= 0.3 is 0 Å². The van der Waals surface area contributed by atoms with E-state index in [1.807, 2.05) is 91.9 Å². The first-order valence-electron chi connectivity index (χ1n) is 11.2. The maximum atomic E-state index is 13.4. The third-order valence-electron chi connectivity index (χ3n) is 5.46. The summed E-state index contributed by atoms with van der Waals surface area (Å²) in [5, 5.41) is 2.84. The number of fused-ring (bicyclic) bond motifs is 2. The molecule has 0 aliphatic heterocycles. The average Bonchev–Trinajstić information content (AvgIpc) is 3.29. The zero-order valence-electron chi connectivity index (χ0n) is 18.8. The maximum Gasteiger partial charge on any atom is 0.267 e. The van der Waals surface area contributed by atoms with Crippen LogP contribution in [0.15, 0.2) is 91.0 Å². The molecule has 0 saturated carbocycles. The van der Waals surface area contributed by atoms with Crippen LogP contribution in [0.3, 0.4) is 0 Å². The molecule has 0 bridgehead atoms. The first-order valence-corrected chi connectivity index (χ1v) is 12.0. The van der Waals surface area contributed by atoms with Crippen molar-refractivity contribution in [1.29, 1.82) is 0 Å². The Hall–Kier alpha value is -3.90. The molecule has 1 heterocycles. The lowest BCUT2D eigenvalue weighted by atomic mass is 10.1. The summed E-state index contributed by atoms with van der Waals surface area (Å²) < 4.78 is 12.5. The molecule has 0 unspecified atom stereocenters. The first kappa shape index (κ1) is 21.9. The number of carbonyl (C=O) groups is 1. The minimum atomic E-state index is -0.152. The molecule has 1 amide bonds. The molecule has 170 valence electrons. The number of benzene rings is 4. The molecule has 0 N–H and O–H groups in total. The van der Waals surface area contributed by atoms with Crippen molar-refractivity contribution in [2.75, 3.05) is 18.1 Å². The Morgan fingerprint density at radius 3 is 2.41 bits per heavy atom. The Bertz CT molecular complexity index is 1430. The predicted octanol–water partition coefficient (Wildman–Crippen LogP) is 6.46. The van der Waals surface area contributed by atoms with Crippen molar-refractivity contribution in [1.82, 2.24) is 4.98 Å². The van der Waals surface area contributed by atoms with Crippen molar-refractivity contribution in [2.45, 2.75) is 13.5 Å². The number of ether oxygens (including phenoxy) is 2. The lowest BCUT2D eigenvalue weighted by Gasteiger charge is -2.20.